The summed E-state index contributed by atoms with van der Waals surface area (Å²) in [6.45, 7) is 9.75. The van der Waals surface area contributed by atoms with Crippen molar-refractivity contribution in [2.75, 3.05) is 0 Å². The Morgan fingerprint density at radius 2 is 1.71 bits per heavy atom. The summed E-state index contributed by atoms with van der Waals surface area (Å²) in [5.74, 6) is 0. The molecule has 0 saturated heterocycles. The van der Waals surface area contributed by atoms with Gasteiger partial charge >= 0.3 is 0 Å². The van der Waals surface area contributed by atoms with Crippen molar-refractivity contribution < 1.29 is 27.3 Å². The fourth-order valence-corrected chi connectivity index (χ4v) is 5.72. The zero-order chi connectivity index (χ0) is 30.4. The maximum Gasteiger partial charge on any atom is 0.216 e. The van der Waals surface area contributed by atoms with Gasteiger partial charge in [-0.05, 0) is 66.2 Å². The molecule has 0 aliphatic carbocycles. The van der Waals surface area contributed by atoms with E-state index >= 15 is 0 Å². The average molecular weight is 748 g/mol. The Kier molecular flexibility index (Phi) is 7.93. The van der Waals surface area contributed by atoms with E-state index in [1.165, 1.54) is 16.9 Å². The molecule has 0 saturated carbocycles. The van der Waals surface area contributed by atoms with Gasteiger partial charge in [0.2, 0.25) is 5.71 Å². The molecular formula is C36H31IrN3OS-2. The molecule has 5 heterocycles. The predicted molar refractivity (Wildman–Crippen MR) is 170 cm³/mol. The topological polar surface area (TPSA) is 51.8 Å². The third-order valence-electron chi connectivity index (χ3n) is 6.49. The van der Waals surface area contributed by atoms with Crippen LogP contribution in [-0.4, -0.2) is 15.0 Å². The van der Waals surface area contributed by atoms with Crippen LogP contribution in [0.15, 0.2) is 89.6 Å². The van der Waals surface area contributed by atoms with Crippen LogP contribution in [0.2, 0.25) is 0 Å². The van der Waals surface area contributed by atoms with Gasteiger partial charge in [-0.1, -0.05) is 49.9 Å². The molecule has 7 rings (SSSR count). The molecule has 5 aromatic heterocycles. The zero-order valence-electron chi connectivity index (χ0n) is 26.1. The van der Waals surface area contributed by atoms with Gasteiger partial charge in [0.25, 0.3) is 0 Å². The minimum absolute atomic E-state index is 0. The largest absolute Gasteiger partial charge is 0.486 e. The molecule has 0 N–H and O–H groups in total. The third kappa shape index (κ3) is 6.52. The second-order valence-electron chi connectivity index (χ2n) is 11.1. The van der Waals surface area contributed by atoms with Crippen LogP contribution >= 0.6 is 11.3 Å². The molecule has 0 fully saturated rings. The van der Waals surface area contributed by atoms with E-state index in [-0.39, 0.29) is 20.1 Å². The Bertz CT molecular complexity index is 2060. The summed E-state index contributed by atoms with van der Waals surface area (Å²) >= 11 is 1.46. The first-order valence-electron chi connectivity index (χ1n) is 14.5. The maximum atomic E-state index is 8.58. The smallest absolute Gasteiger partial charge is 0.216 e. The van der Waals surface area contributed by atoms with Crippen molar-refractivity contribution in [3.05, 3.63) is 113 Å². The molecule has 42 heavy (non-hydrogen) atoms. The molecule has 2 aromatic carbocycles. The summed E-state index contributed by atoms with van der Waals surface area (Å²) in [6, 6.07) is 30.2. The number of benzene rings is 2. The number of pyridine rings is 3. The number of nitrogens with zero attached hydrogens (tertiary/aromatic N) is 3. The summed E-state index contributed by atoms with van der Waals surface area (Å²) in [6.07, 6.45) is 2.26. The van der Waals surface area contributed by atoms with Crippen molar-refractivity contribution >= 4 is 43.5 Å². The van der Waals surface area contributed by atoms with E-state index in [1.807, 2.05) is 114 Å². The fourth-order valence-electron chi connectivity index (χ4n) is 4.60. The van der Waals surface area contributed by atoms with Crippen LogP contribution in [0.1, 0.15) is 39.6 Å². The second kappa shape index (κ2) is 12.3. The minimum atomic E-state index is -1.43. The first-order valence-corrected chi connectivity index (χ1v) is 14.3. The van der Waals surface area contributed by atoms with Crippen molar-refractivity contribution in [1.82, 2.24) is 15.0 Å². The van der Waals surface area contributed by atoms with E-state index in [0.717, 1.165) is 59.5 Å². The standard InChI is InChI=1S/C24H21N2OS.C12H10N.Ir/c1-14-8-9-18-17-6-5-7-19(22(17)27-23(18)26-14)20-11-15-10-16(12-24(2,3)4)28-21(15)13-25-20;1-10-7-8-12(13-9-10)11-5-3-2-4-6-11;/h5-6,8-11,13H,12H2,1-4H3;2-5,7-9H,1H3;/q2*-1;/i12D2;;. The Balaban J connectivity index is 0.000000230. The van der Waals surface area contributed by atoms with Crippen molar-refractivity contribution in [2.24, 2.45) is 5.41 Å². The Labute approximate surface area is 267 Å². The third-order valence-corrected chi connectivity index (χ3v) is 7.49. The van der Waals surface area contributed by atoms with E-state index in [2.05, 4.69) is 33.2 Å². The number of aryl methyl sites for hydroxylation is 2. The van der Waals surface area contributed by atoms with Gasteiger partial charge in [-0.3, -0.25) is 0 Å². The molecule has 0 bridgehead atoms. The van der Waals surface area contributed by atoms with Gasteiger partial charge in [0, 0.05) is 51.2 Å². The van der Waals surface area contributed by atoms with Crippen LogP contribution in [0.25, 0.3) is 54.7 Å². The summed E-state index contributed by atoms with van der Waals surface area (Å²) < 4.78 is 24.2. The number of thiophene rings is 1. The van der Waals surface area contributed by atoms with E-state index in [1.54, 1.807) is 0 Å². The quantitative estimate of drug-likeness (QED) is 0.169. The van der Waals surface area contributed by atoms with Crippen molar-refractivity contribution in [3.8, 4) is 22.5 Å². The maximum absolute atomic E-state index is 8.58. The van der Waals surface area contributed by atoms with Gasteiger partial charge in [-0.15, -0.1) is 65.4 Å². The van der Waals surface area contributed by atoms with Gasteiger partial charge in [0.05, 0.1) is 10.3 Å². The summed E-state index contributed by atoms with van der Waals surface area (Å²) in [7, 11) is 0. The van der Waals surface area contributed by atoms with Crippen molar-refractivity contribution in [3.63, 3.8) is 0 Å². The summed E-state index contributed by atoms with van der Waals surface area (Å²) in [5.41, 5.74) is 6.49. The van der Waals surface area contributed by atoms with Crippen LogP contribution in [-0.2, 0) is 26.5 Å². The normalized spacial score (nSPS) is 12.4. The minimum Gasteiger partial charge on any atom is -0.486 e. The van der Waals surface area contributed by atoms with Gasteiger partial charge in [0.15, 0.2) is 0 Å². The second-order valence-corrected chi connectivity index (χ2v) is 12.2. The van der Waals surface area contributed by atoms with Crippen molar-refractivity contribution in [1.29, 1.82) is 0 Å². The molecule has 4 nitrogen and oxygen atoms in total. The fraction of sp³-hybridized carbons (Fsp3) is 0.194. The van der Waals surface area contributed by atoms with Gasteiger partial charge in [0.1, 0.15) is 0 Å². The van der Waals surface area contributed by atoms with Gasteiger partial charge in [-0.2, -0.15) is 0 Å². The molecular weight excluding hydrogens is 715 g/mol. The number of rotatable bonds is 3. The number of aromatic nitrogens is 3. The molecule has 0 unspecified atom stereocenters. The summed E-state index contributed by atoms with van der Waals surface area (Å²) in [4.78, 5) is 14.2. The van der Waals surface area contributed by atoms with E-state index in [0.29, 0.717) is 5.71 Å². The number of hydrogen-bond acceptors (Lipinski definition) is 5. The number of fused-ring (bicyclic) bond motifs is 4. The zero-order valence-corrected chi connectivity index (χ0v) is 27.3. The van der Waals surface area contributed by atoms with Crippen LogP contribution in [0.5, 0.6) is 0 Å². The van der Waals surface area contributed by atoms with E-state index in [4.69, 9.17) is 7.16 Å². The van der Waals surface area contributed by atoms with Crippen LogP contribution in [0, 0.1) is 31.4 Å². The summed E-state index contributed by atoms with van der Waals surface area (Å²) in [5, 5.41) is 2.94. The Hall–Kier alpha value is -3.70. The molecule has 1 radical (unpaired) electrons. The molecule has 0 atom stereocenters. The van der Waals surface area contributed by atoms with Gasteiger partial charge < -0.3 is 14.4 Å². The van der Waals surface area contributed by atoms with Gasteiger partial charge in [-0.25, -0.2) is 4.98 Å². The number of hydrogen-bond donors (Lipinski definition) is 0. The van der Waals surface area contributed by atoms with Crippen molar-refractivity contribution in [2.45, 2.75) is 41.0 Å². The van der Waals surface area contributed by atoms with E-state index in [9.17, 15) is 0 Å². The molecule has 7 aromatic rings. The first kappa shape index (κ1) is 27.2. The molecule has 0 spiro atoms. The molecule has 0 aliphatic rings. The first-order chi connectivity index (χ1) is 20.5. The molecule has 0 amide bonds. The predicted octanol–water partition coefficient (Wildman–Crippen LogP) is 9.81. The van der Waals surface area contributed by atoms with Crippen LogP contribution in [0.4, 0.5) is 0 Å². The average Bonchev–Trinajstić information content (AvgIpc) is 3.59. The molecule has 6 heteroatoms. The Morgan fingerprint density at radius 3 is 2.45 bits per heavy atom. The van der Waals surface area contributed by atoms with Crippen LogP contribution in [0.3, 0.4) is 0 Å². The number of furan rings is 1. The van der Waals surface area contributed by atoms with Crippen LogP contribution < -0.4 is 0 Å². The monoisotopic (exact) mass is 748 g/mol. The molecule has 0 aliphatic heterocycles. The SMILES string of the molecule is Cc1ccc(-c2[c-]cccc2)nc1.[2H]C([2H])(c1cc2cc(-c3[c-]ccc4c3oc3nc(C)ccc34)ncc2s1)C(C)(C)C.[Ir]. The van der Waals surface area contributed by atoms with E-state index < -0.39 is 11.8 Å². The molecule has 213 valence electrons. The Morgan fingerprint density at radius 1 is 0.881 bits per heavy atom.